The summed E-state index contributed by atoms with van der Waals surface area (Å²) in [5.74, 6) is 0. The Labute approximate surface area is 446 Å². The Bertz CT molecular complexity index is 4050. The standard InChI is InChI=1S/C70H60BN3S/c1-67(2,3)41-29-33-43(34-30-41)72(44-35-31-42(32-36-44)68(4,5)6)45-37-38-53-58(39-45)73(55-26-17-24-51-60(55)46-19-11-14-22-49(46)69(51,7)8)56-27-18-28-57-64(56)71(53)66-65-63-59(75-66)40-52-61(47-20-12-15-23-50(47)70(52,9)10)62(63)48-21-13-16-25-54(48)74(57)65/h11-40H,1-10H3. The van der Waals surface area contributed by atoms with E-state index in [0.29, 0.717) is 0 Å². The molecule has 364 valence electrons. The summed E-state index contributed by atoms with van der Waals surface area (Å²) in [5.41, 5.74) is 29.7. The van der Waals surface area contributed by atoms with Crippen molar-refractivity contribution in [1.29, 1.82) is 0 Å². The lowest BCUT2D eigenvalue weighted by atomic mass is 9.36. The third-order valence-corrected chi connectivity index (χ3v) is 19.1. The molecular formula is C70H60BN3S. The molecule has 15 rings (SSSR count). The van der Waals surface area contributed by atoms with Crippen molar-refractivity contribution < 1.29 is 0 Å². The third kappa shape index (κ3) is 5.99. The maximum Gasteiger partial charge on any atom is 0.264 e. The van der Waals surface area contributed by atoms with Crippen LogP contribution in [0.15, 0.2) is 182 Å². The molecule has 5 aliphatic rings. The van der Waals surface area contributed by atoms with E-state index in [1.54, 1.807) is 0 Å². The van der Waals surface area contributed by atoms with Crippen molar-refractivity contribution in [2.24, 2.45) is 0 Å². The van der Waals surface area contributed by atoms with E-state index in [2.05, 4.69) is 266 Å². The van der Waals surface area contributed by atoms with Crippen LogP contribution >= 0.6 is 11.3 Å². The SMILES string of the molecule is CC(C)(C)c1ccc(N(c2ccc(C(C)(C)C)cc2)c2ccc3c(c2)N(c2cccc4c2-c2ccccc2C4(C)C)c2cccc4c2B3c2sc3cc5c(c6c3c2N4c2ccccc2-6)-c2ccccc2C5(C)C)cc1. The van der Waals surface area contributed by atoms with Crippen LogP contribution in [0.1, 0.15) is 103 Å². The topological polar surface area (TPSA) is 9.72 Å². The third-order valence-electron chi connectivity index (χ3n) is 17.9. The Hall–Kier alpha value is -7.60. The van der Waals surface area contributed by atoms with Gasteiger partial charge in [0.05, 0.1) is 17.1 Å². The highest BCUT2D eigenvalue weighted by Gasteiger charge is 2.50. The molecule has 0 amide bonds. The van der Waals surface area contributed by atoms with Gasteiger partial charge < -0.3 is 14.7 Å². The summed E-state index contributed by atoms with van der Waals surface area (Å²) in [7, 11) is 0. The van der Waals surface area contributed by atoms with Gasteiger partial charge in [-0.25, -0.2) is 0 Å². The molecule has 0 radical (unpaired) electrons. The molecule has 3 aliphatic heterocycles. The average Bonchev–Trinajstić information content (AvgIpc) is 4.22. The fourth-order valence-corrected chi connectivity index (χ4v) is 15.5. The number of para-hydroxylation sites is 1. The van der Waals surface area contributed by atoms with E-state index in [-0.39, 0.29) is 28.4 Å². The second kappa shape index (κ2) is 15.0. The van der Waals surface area contributed by atoms with Crippen LogP contribution in [0.3, 0.4) is 0 Å². The molecule has 0 spiro atoms. The van der Waals surface area contributed by atoms with Gasteiger partial charge in [-0.15, -0.1) is 11.3 Å². The minimum absolute atomic E-state index is 0.000486. The Morgan fingerprint density at radius 1 is 0.427 bits per heavy atom. The fraction of sp³-hybridized carbons (Fsp3) is 0.200. The van der Waals surface area contributed by atoms with E-state index in [0.717, 1.165) is 17.1 Å². The molecule has 0 saturated heterocycles. The van der Waals surface area contributed by atoms with Gasteiger partial charge in [0.2, 0.25) is 0 Å². The summed E-state index contributed by atoms with van der Waals surface area (Å²) in [6.07, 6.45) is 0. The summed E-state index contributed by atoms with van der Waals surface area (Å²) in [6.45, 7) is 23.5. The zero-order valence-electron chi connectivity index (χ0n) is 44.6. The zero-order chi connectivity index (χ0) is 51.2. The van der Waals surface area contributed by atoms with Crippen LogP contribution in [-0.4, -0.2) is 6.71 Å². The summed E-state index contributed by atoms with van der Waals surface area (Å²) >= 11 is 2.02. The molecule has 5 heteroatoms. The Balaban J connectivity index is 1.03. The van der Waals surface area contributed by atoms with Gasteiger partial charge in [0.15, 0.2) is 0 Å². The maximum atomic E-state index is 2.66. The predicted octanol–water partition coefficient (Wildman–Crippen LogP) is 17.6. The molecule has 0 bridgehead atoms. The largest absolute Gasteiger partial charge is 0.311 e. The molecule has 3 nitrogen and oxygen atoms in total. The van der Waals surface area contributed by atoms with Gasteiger partial charge in [-0.3, -0.25) is 0 Å². The van der Waals surface area contributed by atoms with Gasteiger partial charge >= 0.3 is 0 Å². The molecule has 9 aromatic carbocycles. The van der Waals surface area contributed by atoms with Crippen LogP contribution in [-0.2, 0) is 21.7 Å². The van der Waals surface area contributed by atoms with Crippen LogP contribution in [0.2, 0.25) is 0 Å². The summed E-state index contributed by atoms with van der Waals surface area (Å²) in [4.78, 5) is 7.79. The zero-order valence-corrected chi connectivity index (χ0v) is 45.5. The lowest BCUT2D eigenvalue weighted by Crippen LogP contribution is -2.60. The number of benzene rings is 9. The molecule has 0 unspecified atom stereocenters. The van der Waals surface area contributed by atoms with Gasteiger partial charge in [-0.2, -0.15) is 0 Å². The summed E-state index contributed by atoms with van der Waals surface area (Å²) in [5, 5.41) is 1.39. The van der Waals surface area contributed by atoms with Crippen LogP contribution < -0.4 is 30.4 Å². The van der Waals surface area contributed by atoms with Gasteiger partial charge in [0.1, 0.15) is 0 Å². The molecule has 10 aromatic rings. The van der Waals surface area contributed by atoms with E-state index in [4.69, 9.17) is 0 Å². The molecule has 75 heavy (non-hydrogen) atoms. The van der Waals surface area contributed by atoms with Crippen LogP contribution in [0.4, 0.5) is 51.2 Å². The predicted molar refractivity (Wildman–Crippen MR) is 322 cm³/mol. The first-order valence-electron chi connectivity index (χ1n) is 27.0. The second-order valence-corrected chi connectivity index (χ2v) is 26.0. The molecule has 0 atom stereocenters. The molecule has 0 saturated carbocycles. The number of rotatable bonds is 4. The molecule has 4 heterocycles. The fourth-order valence-electron chi connectivity index (χ4n) is 14.1. The van der Waals surface area contributed by atoms with Crippen molar-refractivity contribution in [2.45, 2.75) is 90.9 Å². The van der Waals surface area contributed by atoms with Gasteiger partial charge in [0, 0.05) is 76.5 Å². The van der Waals surface area contributed by atoms with Crippen molar-refractivity contribution >= 4 is 95.0 Å². The number of hydrogen-bond donors (Lipinski definition) is 0. The summed E-state index contributed by atoms with van der Waals surface area (Å²) < 4.78 is 2.79. The number of nitrogens with zero attached hydrogens (tertiary/aromatic N) is 3. The molecule has 0 N–H and O–H groups in total. The van der Waals surface area contributed by atoms with Crippen molar-refractivity contribution in [2.75, 3.05) is 14.7 Å². The monoisotopic (exact) mass is 985 g/mol. The molecular weight excluding hydrogens is 926 g/mol. The van der Waals surface area contributed by atoms with Crippen LogP contribution in [0, 0.1) is 0 Å². The molecule has 1 aromatic heterocycles. The van der Waals surface area contributed by atoms with Gasteiger partial charge in [0.25, 0.3) is 6.71 Å². The van der Waals surface area contributed by atoms with Crippen molar-refractivity contribution in [1.82, 2.24) is 0 Å². The van der Waals surface area contributed by atoms with Crippen molar-refractivity contribution in [3.05, 3.63) is 215 Å². The Morgan fingerprint density at radius 3 is 1.57 bits per heavy atom. The number of anilines is 9. The lowest BCUT2D eigenvalue weighted by molar-refractivity contribution is 0.590. The van der Waals surface area contributed by atoms with E-state index in [1.165, 1.54) is 127 Å². The lowest BCUT2D eigenvalue weighted by Gasteiger charge is -2.45. The molecule has 0 fully saturated rings. The smallest absolute Gasteiger partial charge is 0.264 e. The van der Waals surface area contributed by atoms with E-state index >= 15 is 0 Å². The first-order valence-corrected chi connectivity index (χ1v) is 27.8. The van der Waals surface area contributed by atoms with Gasteiger partial charge in [-0.1, -0.05) is 184 Å². The second-order valence-electron chi connectivity index (χ2n) is 24.9. The van der Waals surface area contributed by atoms with Crippen molar-refractivity contribution in [3.8, 4) is 33.4 Å². The van der Waals surface area contributed by atoms with Gasteiger partial charge in [-0.05, 0) is 139 Å². The first-order chi connectivity index (χ1) is 36.0. The molecule has 2 aliphatic carbocycles. The number of thiophene rings is 1. The Morgan fingerprint density at radius 2 is 0.933 bits per heavy atom. The van der Waals surface area contributed by atoms with Crippen LogP contribution in [0.5, 0.6) is 0 Å². The van der Waals surface area contributed by atoms with E-state index in [9.17, 15) is 0 Å². The summed E-state index contributed by atoms with van der Waals surface area (Å²) in [6, 6.07) is 70.3. The normalized spacial score (nSPS) is 15.5. The quantitative estimate of drug-likeness (QED) is 0.163. The number of hydrogen-bond acceptors (Lipinski definition) is 4. The highest BCUT2D eigenvalue weighted by atomic mass is 32.1. The minimum atomic E-state index is -0.160. The van der Waals surface area contributed by atoms with Crippen molar-refractivity contribution in [3.63, 3.8) is 0 Å². The highest BCUT2D eigenvalue weighted by molar-refractivity contribution is 7.34. The maximum absolute atomic E-state index is 2.66. The average molecular weight is 986 g/mol. The number of fused-ring (bicyclic) bond motifs is 14. The van der Waals surface area contributed by atoms with Crippen LogP contribution in [0.25, 0.3) is 43.5 Å². The minimum Gasteiger partial charge on any atom is -0.311 e. The Kier molecular flexibility index (Phi) is 9.00. The first kappa shape index (κ1) is 44.9. The van der Waals surface area contributed by atoms with E-state index in [1.807, 2.05) is 11.3 Å². The highest BCUT2D eigenvalue weighted by Crippen LogP contribution is 2.62. The van der Waals surface area contributed by atoms with E-state index < -0.39 is 0 Å².